The van der Waals surface area contributed by atoms with Crippen molar-refractivity contribution in [2.24, 2.45) is 5.92 Å². The third-order valence-corrected chi connectivity index (χ3v) is 6.48. The summed E-state index contributed by atoms with van der Waals surface area (Å²) in [6.45, 7) is 1.03. The highest BCUT2D eigenvalue weighted by Crippen LogP contribution is 2.22. The van der Waals surface area contributed by atoms with Crippen molar-refractivity contribution < 1.29 is 22.0 Å². The van der Waals surface area contributed by atoms with Gasteiger partial charge < -0.3 is 4.90 Å². The first-order chi connectivity index (χ1) is 13.3. The fraction of sp³-hybridized carbons (Fsp3) is 0.316. The van der Waals surface area contributed by atoms with Crippen LogP contribution in [0.25, 0.3) is 0 Å². The summed E-state index contributed by atoms with van der Waals surface area (Å²) in [6.07, 6.45) is 1.18. The average Bonchev–Trinajstić information content (AvgIpc) is 2.69. The summed E-state index contributed by atoms with van der Waals surface area (Å²) in [5.74, 6) is -1.57. The van der Waals surface area contributed by atoms with Crippen LogP contribution >= 0.6 is 11.6 Å². The minimum Gasteiger partial charge on any atom is -0.339 e. The Balaban J connectivity index is 1.55. The molecule has 0 unspecified atom stereocenters. The first kappa shape index (κ1) is 20.7. The zero-order valence-electron chi connectivity index (χ0n) is 14.9. The number of hydrogen-bond donors (Lipinski definition) is 1. The summed E-state index contributed by atoms with van der Waals surface area (Å²) in [5.41, 5.74) is 0.0369. The number of benzene rings is 2. The van der Waals surface area contributed by atoms with Crippen LogP contribution in [0.5, 0.6) is 0 Å². The van der Waals surface area contributed by atoms with Gasteiger partial charge in [-0.2, -0.15) is 0 Å². The lowest BCUT2D eigenvalue weighted by Gasteiger charge is -2.32. The largest absolute Gasteiger partial charge is 0.339 e. The number of piperidine rings is 1. The number of likely N-dealkylation sites (tertiary alicyclic amines) is 1. The molecule has 1 aliphatic heterocycles. The Kier molecular flexibility index (Phi) is 6.32. The molecule has 1 saturated heterocycles. The van der Waals surface area contributed by atoms with Crippen LogP contribution in [0.15, 0.2) is 47.4 Å². The number of carbonyl (C=O) groups is 1. The van der Waals surface area contributed by atoms with Gasteiger partial charge in [0.1, 0.15) is 11.6 Å². The van der Waals surface area contributed by atoms with Gasteiger partial charge in [0.15, 0.2) is 0 Å². The van der Waals surface area contributed by atoms with E-state index in [1.165, 1.54) is 18.2 Å². The summed E-state index contributed by atoms with van der Waals surface area (Å²) < 4.78 is 54.2. The van der Waals surface area contributed by atoms with Crippen LogP contribution in [0.1, 0.15) is 23.2 Å². The van der Waals surface area contributed by atoms with E-state index in [0.717, 1.165) is 18.2 Å². The maximum atomic E-state index is 13.8. The fourth-order valence-corrected chi connectivity index (χ4v) is 4.49. The molecule has 9 heteroatoms. The number of carbonyl (C=O) groups excluding carboxylic acids is 1. The maximum absolute atomic E-state index is 13.8. The van der Waals surface area contributed by atoms with Gasteiger partial charge in [0.2, 0.25) is 10.0 Å². The molecule has 3 rings (SSSR count). The number of nitrogens with one attached hydrogen (secondary N) is 1. The summed E-state index contributed by atoms with van der Waals surface area (Å²) >= 11 is 5.64. The van der Waals surface area contributed by atoms with Gasteiger partial charge in [0.25, 0.3) is 5.91 Å². The Labute approximate surface area is 167 Å². The van der Waals surface area contributed by atoms with Gasteiger partial charge in [-0.15, -0.1) is 0 Å². The number of hydrogen-bond acceptors (Lipinski definition) is 3. The highest BCUT2D eigenvalue weighted by molar-refractivity contribution is 7.89. The van der Waals surface area contributed by atoms with Crippen molar-refractivity contribution in [1.29, 1.82) is 0 Å². The number of halogens is 3. The number of rotatable bonds is 5. The summed E-state index contributed by atoms with van der Waals surface area (Å²) in [5, 5.41) is -0.261. The zero-order chi connectivity index (χ0) is 20.3. The second-order valence-corrected chi connectivity index (χ2v) is 8.82. The van der Waals surface area contributed by atoms with Crippen molar-refractivity contribution >= 4 is 27.5 Å². The SMILES string of the molecule is O=C(c1ccccc1F)N1CCC(CNS(=O)(=O)c2ccc(F)c(Cl)c2)CC1. The minimum atomic E-state index is -3.81. The van der Waals surface area contributed by atoms with Crippen molar-refractivity contribution in [2.45, 2.75) is 17.7 Å². The monoisotopic (exact) mass is 428 g/mol. The first-order valence-corrected chi connectivity index (χ1v) is 10.6. The Morgan fingerprint density at radius 1 is 1.11 bits per heavy atom. The third-order valence-electron chi connectivity index (χ3n) is 4.77. The predicted octanol–water partition coefficient (Wildman–Crippen LogP) is 3.45. The topological polar surface area (TPSA) is 66.5 Å². The van der Waals surface area contributed by atoms with Crippen LogP contribution in [-0.4, -0.2) is 38.9 Å². The molecule has 150 valence electrons. The summed E-state index contributed by atoms with van der Waals surface area (Å²) in [6, 6.07) is 9.05. The molecular formula is C19H19ClF2N2O3S. The summed E-state index contributed by atoms with van der Waals surface area (Å²) in [7, 11) is -3.81. The molecule has 0 bridgehead atoms. The Bertz CT molecular complexity index is 977. The van der Waals surface area contributed by atoms with Crippen LogP contribution in [0.2, 0.25) is 5.02 Å². The molecule has 1 amide bonds. The van der Waals surface area contributed by atoms with Gasteiger partial charge in [-0.1, -0.05) is 23.7 Å². The lowest BCUT2D eigenvalue weighted by molar-refractivity contribution is 0.0687. The van der Waals surface area contributed by atoms with Gasteiger partial charge in [-0.25, -0.2) is 21.9 Å². The van der Waals surface area contributed by atoms with E-state index in [2.05, 4.69) is 4.72 Å². The van der Waals surface area contributed by atoms with Crippen molar-refractivity contribution in [1.82, 2.24) is 9.62 Å². The van der Waals surface area contributed by atoms with Crippen LogP contribution in [0.4, 0.5) is 8.78 Å². The van der Waals surface area contributed by atoms with E-state index in [1.807, 2.05) is 0 Å². The maximum Gasteiger partial charge on any atom is 0.256 e. The van der Waals surface area contributed by atoms with Crippen LogP contribution in [-0.2, 0) is 10.0 Å². The van der Waals surface area contributed by atoms with Gasteiger partial charge in [-0.3, -0.25) is 4.79 Å². The zero-order valence-corrected chi connectivity index (χ0v) is 16.4. The Hall–Kier alpha value is -2.03. The first-order valence-electron chi connectivity index (χ1n) is 8.76. The molecule has 0 aliphatic carbocycles. The molecular weight excluding hydrogens is 410 g/mol. The molecule has 1 N–H and O–H groups in total. The molecule has 1 fully saturated rings. The van der Waals surface area contributed by atoms with Crippen molar-refractivity contribution in [3.8, 4) is 0 Å². The Morgan fingerprint density at radius 3 is 2.43 bits per heavy atom. The molecule has 28 heavy (non-hydrogen) atoms. The standard InChI is InChI=1S/C19H19ClF2N2O3S/c20-16-11-14(5-6-18(16)22)28(26,27)23-12-13-7-9-24(10-8-13)19(25)15-3-1-2-4-17(15)21/h1-6,11,13,23H,7-10,12H2. The predicted molar refractivity (Wildman–Crippen MR) is 102 cm³/mol. The van der Waals surface area contributed by atoms with Crippen LogP contribution in [0.3, 0.4) is 0 Å². The molecule has 0 radical (unpaired) electrons. The van der Waals surface area contributed by atoms with E-state index in [-0.39, 0.29) is 33.9 Å². The molecule has 0 aromatic heterocycles. The quantitative estimate of drug-likeness (QED) is 0.793. The van der Waals surface area contributed by atoms with Crippen molar-refractivity contribution in [3.63, 3.8) is 0 Å². The molecule has 0 spiro atoms. The van der Waals surface area contributed by atoms with Crippen LogP contribution in [0, 0.1) is 17.6 Å². The highest BCUT2D eigenvalue weighted by Gasteiger charge is 2.26. The van der Waals surface area contributed by atoms with E-state index in [4.69, 9.17) is 11.6 Å². The fourth-order valence-electron chi connectivity index (χ4n) is 3.10. The second kappa shape index (κ2) is 8.55. The minimum absolute atomic E-state index is 0.0369. The lowest BCUT2D eigenvalue weighted by atomic mass is 9.96. The Morgan fingerprint density at radius 2 is 1.79 bits per heavy atom. The van der Waals surface area contributed by atoms with Gasteiger partial charge in [0.05, 0.1) is 15.5 Å². The van der Waals surface area contributed by atoms with Gasteiger partial charge in [-0.05, 0) is 49.1 Å². The van der Waals surface area contributed by atoms with E-state index in [0.29, 0.717) is 25.9 Å². The van der Waals surface area contributed by atoms with Gasteiger partial charge in [0, 0.05) is 19.6 Å². The highest BCUT2D eigenvalue weighted by atomic mass is 35.5. The number of nitrogens with zero attached hydrogens (tertiary/aromatic N) is 1. The molecule has 2 aromatic carbocycles. The lowest BCUT2D eigenvalue weighted by Crippen LogP contribution is -2.41. The molecule has 2 aromatic rings. The number of sulfonamides is 1. The second-order valence-electron chi connectivity index (χ2n) is 6.64. The van der Waals surface area contributed by atoms with Gasteiger partial charge >= 0.3 is 0 Å². The molecule has 0 saturated carbocycles. The molecule has 5 nitrogen and oxygen atoms in total. The van der Waals surface area contributed by atoms with Crippen molar-refractivity contribution in [2.75, 3.05) is 19.6 Å². The van der Waals surface area contributed by atoms with Crippen LogP contribution < -0.4 is 4.72 Å². The molecule has 1 heterocycles. The smallest absolute Gasteiger partial charge is 0.256 e. The van der Waals surface area contributed by atoms with E-state index < -0.39 is 21.7 Å². The normalized spacial score (nSPS) is 15.6. The van der Waals surface area contributed by atoms with E-state index in [1.54, 1.807) is 11.0 Å². The number of amides is 1. The molecule has 1 aliphatic rings. The third kappa shape index (κ3) is 4.68. The molecule has 0 atom stereocenters. The van der Waals surface area contributed by atoms with E-state index >= 15 is 0 Å². The summed E-state index contributed by atoms with van der Waals surface area (Å²) in [4.78, 5) is 13.9. The van der Waals surface area contributed by atoms with E-state index in [9.17, 15) is 22.0 Å². The average molecular weight is 429 g/mol. The van der Waals surface area contributed by atoms with Crippen molar-refractivity contribution in [3.05, 3.63) is 64.7 Å².